The summed E-state index contributed by atoms with van der Waals surface area (Å²) in [5.74, 6) is 1.56. The fraction of sp³-hybridized carbons (Fsp3) is 0.478. The largest absolute Gasteiger partial charge is 0.493 e. The Morgan fingerprint density at radius 2 is 1.69 bits per heavy atom. The van der Waals surface area contributed by atoms with Crippen molar-refractivity contribution >= 4 is 24.8 Å². The number of hydrogen-bond donors (Lipinski definition) is 1. The first kappa shape index (κ1) is 27.5. The predicted octanol–water partition coefficient (Wildman–Crippen LogP) is 5.25. The third-order valence-corrected chi connectivity index (χ3v) is 4.76. The SMILES string of the molecule is CCN(CC)CCCNCc1ccc(OCc2cccc(C)c2)c(OC)c1.Cl.Cl. The van der Waals surface area contributed by atoms with Gasteiger partial charge in [-0.15, -0.1) is 24.8 Å². The second-order valence-corrected chi connectivity index (χ2v) is 6.82. The molecule has 0 bridgehead atoms. The third-order valence-electron chi connectivity index (χ3n) is 4.76. The van der Waals surface area contributed by atoms with Gasteiger partial charge in [0.15, 0.2) is 11.5 Å². The van der Waals surface area contributed by atoms with Crippen molar-refractivity contribution in [3.8, 4) is 11.5 Å². The van der Waals surface area contributed by atoms with Crippen LogP contribution in [-0.4, -0.2) is 38.2 Å². The molecule has 0 spiro atoms. The topological polar surface area (TPSA) is 33.7 Å². The van der Waals surface area contributed by atoms with Crippen molar-refractivity contribution in [2.45, 2.75) is 40.3 Å². The maximum atomic E-state index is 5.97. The van der Waals surface area contributed by atoms with Gasteiger partial charge in [-0.25, -0.2) is 0 Å². The van der Waals surface area contributed by atoms with Gasteiger partial charge in [-0.1, -0.05) is 49.7 Å². The molecule has 0 radical (unpaired) electrons. The highest BCUT2D eigenvalue weighted by molar-refractivity contribution is 5.85. The summed E-state index contributed by atoms with van der Waals surface area (Å²) in [6.45, 7) is 12.3. The van der Waals surface area contributed by atoms with E-state index >= 15 is 0 Å². The number of nitrogens with one attached hydrogen (secondary N) is 1. The van der Waals surface area contributed by atoms with Gasteiger partial charge < -0.3 is 19.7 Å². The first-order chi connectivity index (χ1) is 13.2. The molecule has 29 heavy (non-hydrogen) atoms. The zero-order valence-electron chi connectivity index (χ0n) is 18.1. The fourth-order valence-electron chi connectivity index (χ4n) is 3.10. The van der Waals surface area contributed by atoms with Crippen molar-refractivity contribution in [3.63, 3.8) is 0 Å². The minimum Gasteiger partial charge on any atom is -0.493 e. The van der Waals surface area contributed by atoms with Gasteiger partial charge in [0, 0.05) is 6.54 Å². The van der Waals surface area contributed by atoms with Gasteiger partial charge in [-0.2, -0.15) is 0 Å². The Kier molecular flexibility index (Phi) is 14.6. The van der Waals surface area contributed by atoms with Crippen molar-refractivity contribution in [3.05, 3.63) is 59.2 Å². The second-order valence-electron chi connectivity index (χ2n) is 6.82. The van der Waals surface area contributed by atoms with Crippen LogP contribution in [0.2, 0.25) is 0 Å². The number of halogens is 2. The molecule has 164 valence electrons. The van der Waals surface area contributed by atoms with Crippen molar-refractivity contribution in [1.82, 2.24) is 10.2 Å². The van der Waals surface area contributed by atoms with Gasteiger partial charge in [-0.3, -0.25) is 0 Å². The molecule has 1 N–H and O–H groups in total. The van der Waals surface area contributed by atoms with Gasteiger partial charge in [0.2, 0.25) is 0 Å². The zero-order valence-corrected chi connectivity index (χ0v) is 19.7. The van der Waals surface area contributed by atoms with Crippen LogP contribution in [0.1, 0.15) is 37.0 Å². The van der Waals surface area contributed by atoms with E-state index in [0.717, 1.165) is 56.2 Å². The lowest BCUT2D eigenvalue weighted by atomic mass is 10.1. The molecule has 0 aliphatic rings. The minimum atomic E-state index is 0. The Morgan fingerprint density at radius 3 is 2.34 bits per heavy atom. The summed E-state index contributed by atoms with van der Waals surface area (Å²) in [4.78, 5) is 2.45. The molecule has 0 atom stereocenters. The monoisotopic (exact) mass is 442 g/mol. The average Bonchev–Trinajstić information content (AvgIpc) is 2.69. The van der Waals surface area contributed by atoms with Crippen LogP contribution in [0, 0.1) is 6.92 Å². The summed E-state index contributed by atoms with van der Waals surface area (Å²) < 4.78 is 11.5. The molecule has 0 heterocycles. The molecule has 0 amide bonds. The first-order valence-corrected chi connectivity index (χ1v) is 9.94. The Bertz CT molecular complexity index is 694. The Balaban J connectivity index is 0.00000392. The standard InChI is InChI=1S/C23H34N2O2.2ClH/c1-5-25(6-2)14-8-13-24-17-20-11-12-22(23(16-20)26-4)27-18-21-10-7-9-19(3)15-21;;/h7,9-12,15-16,24H,5-6,8,13-14,17-18H2,1-4H3;2*1H. The minimum absolute atomic E-state index is 0. The Morgan fingerprint density at radius 1 is 0.931 bits per heavy atom. The summed E-state index contributed by atoms with van der Waals surface area (Å²) in [5.41, 5.74) is 3.61. The smallest absolute Gasteiger partial charge is 0.161 e. The van der Waals surface area contributed by atoms with Crippen LogP contribution in [0.25, 0.3) is 0 Å². The first-order valence-electron chi connectivity index (χ1n) is 9.94. The lowest BCUT2D eigenvalue weighted by Crippen LogP contribution is -2.27. The van der Waals surface area contributed by atoms with Gasteiger partial charge >= 0.3 is 0 Å². The normalized spacial score (nSPS) is 10.2. The predicted molar refractivity (Wildman–Crippen MR) is 127 cm³/mol. The lowest BCUT2D eigenvalue weighted by molar-refractivity contribution is 0.284. The molecule has 4 nitrogen and oxygen atoms in total. The average molecular weight is 443 g/mol. The summed E-state index contributed by atoms with van der Waals surface area (Å²) in [6, 6.07) is 14.5. The quantitative estimate of drug-likeness (QED) is 0.455. The molecule has 0 aromatic heterocycles. The maximum Gasteiger partial charge on any atom is 0.161 e. The molecule has 0 saturated carbocycles. The molecule has 2 aromatic rings. The van der Waals surface area contributed by atoms with E-state index in [4.69, 9.17) is 9.47 Å². The van der Waals surface area contributed by atoms with E-state index in [9.17, 15) is 0 Å². The van der Waals surface area contributed by atoms with Crippen LogP contribution < -0.4 is 14.8 Å². The molecule has 6 heteroatoms. The number of ether oxygens (including phenoxy) is 2. The van der Waals surface area contributed by atoms with E-state index in [2.05, 4.69) is 67.4 Å². The highest BCUT2D eigenvalue weighted by Crippen LogP contribution is 2.29. The van der Waals surface area contributed by atoms with Gasteiger partial charge in [0.25, 0.3) is 0 Å². The fourth-order valence-corrected chi connectivity index (χ4v) is 3.10. The van der Waals surface area contributed by atoms with Crippen LogP contribution in [-0.2, 0) is 13.2 Å². The molecule has 2 aromatic carbocycles. The van der Waals surface area contributed by atoms with Crippen LogP contribution >= 0.6 is 24.8 Å². The molecular weight excluding hydrogens is 407 g/mol. The molecule has 0 fully saturated rings. The maximum absolute atomic E-state index is 5.97. The van der Waals surface area contributed by atoms with Gasteiger partial charge in [-0.05, 0) is 62.8 Å². The molecule has 0 saturated heterocycles. The number of nitrogens with zero attached hydrogens (tertiary/aromatic N) is 1. The zero-order chi connectivity index (χ0) is 19.5. The van der Waals surface area contributed by atoms with Crippen LogP contribution in [0.15, 0.2) is 42.5 Å². The molecule has 0 unspecified atom stereocenters. The molecule has 2 rings (SSSR count). The van der Waals surface area contributed by atoms with Crippen molar-refractivity contribution in [2.75, 3.05) is 33.3 Å². The number of rotatable bonds is 12. The number of benzene rings is 2. The van der Waals surface area contributed by atoms with Crippen LogP contribution in [0.4, 0.5) is 0 Å². The highest BCUT2D eigenvalue weighted by Gasteiger charge is 2.07. The number of hydrogen-bond acceptors (Lipinski definition) is 4. The highest BCUT2D eigenvalue weighted by atomic mass is 35.5. The third kappa shape index (κ3) is 9.72. The molecular formula is C23H36Cl2N2O2. The van der Waals surface area contributed by atoms with E-state index in [1.807, 2.05) is 6.07 Å². The number of methoxy groups -OCH3 is 1. The Hall–Kier alpha value is -1.46. The van der Waals surface area contributed by atoms with Gasteiger partial charge in [0.1, 0.15) is 6.61 Å². The molecule has 0 aliphatic carbocycles. The molecule has 0 aliphatic heterocycles. The van der Waals surface area contributed by atoms with Crippen LogP contribution in [0.5, 0.6) is 11.5 Å². The second kappa shape index (κ2) is 15.4. The lowest BCUT2D eigenvalue weighted by Gasteiger charge is -2.17. The van der Waals surface area contributed by atoms with E-state index in [-0.39, 0.29) is 24.8 Å². The Labute approximate surface area is 188 Å². The summed E-state index contributed by atoms with van der Waals surface area (Å²) in [7, 11) is 1.69. The summed E-state index contributed by atoms with van der Waals surface area (Å²) >= 11 is 0. The van der Waals surface area contributed by atoms with E-state index in [0.29, 0.717) is 6.61 Å². The van der Waals surface area contributed by atoms with Crippen molar-refractivity contribution in [1.29, 1.82) is 0 Å². The van der Waals surface area contributed by atoms with Crippen LogP contribution in [0.3, 0.4) is 0 Å². The van der Waals surface area contributed by atoms with Gasteiger partial charge in [0.05, 0.1) is 7.11 Å². The summed E-state index contributed by atoms with van der Waals surface area (Å²) in [6.07, 6.45) is 1.16. The van der Waals surface area contributed by atoms with Crippen molar-refractivity contribution in [2.24, 2.45) is 0 Å². The number of aryl methyl sites for hydroxylation is 1. The summed E-state index contributed by atoms with van der Waals surface area (Å²) in [5, 5.41) is 3.52. The van der Waals surface area contributed by atoms with Crippen molar-refractivity contribution < 1.29 is 9.47 Å². The van der Waals surface area contributed by atoms with E-state index in [1.54, 1.807) is 7.11 Å². The van der Waals surface area contributed by atoms with E-state index < -0.39 is 0 Å². The van der Waals surface area contributed by atoms with E-state index in [1.165, 1.54) is 11.1 Å².